The molecule has 0 aromatic heterocycles. The molecular formula is C35H54O8. The first-order chi connectivity index (χ1) is 19.6. The molecule has 0 aromatic rings. The highest BCUT2D eigenvalue weighted by Crippen LogP contribution is 2.70. The van der Waals surface area contributed by atoms with Gasteiger partial charge in [-0.2, -0.15) is 0 Å². The van der Waals surface area contributed by atoms with Crippen molar-refractivity contribution in [2.75, 3.05) is 0 Å². The zero-order valence-electron chi connectivity index (χ0n) is 28.0. The minimum absolute atomic E-state index is 0.0131. The third kappa shape index (κ3) is 4.79. The van der Waals surface area contributed by atoms with E-state index in [4.69, 9.17) is 23.7 Å². The Bertz CT molecular complexity index is 1220. The first-order valence-corrected chi connectivity index (χ1v) is 16.6. The minimum atomic E-state index is -1.10. The predicted molar refractivity (Wildman–Crippen MR) is 160 cm³/mol. The van der Waals surface area contributed by atoms with Crippen molar-refractivity contribution < 1.29 is 38.4 Å². The number of rotatable bonds is 5. The number of hydrogen-bond donors (Lipinski definition) is 1. The van der Waals surface area contributed by atoms with E-state index in [-0.39, 0.29) is 53.2 Å². The predicted octanol–water partition coefficient (Wildman–Crippen LogP) is 6.02. The van der Waals surface area contributed by atoms with Crippen molar-refractivity contribution in [3.05, 3.63) is 11.6 Å². The van der Waals surface area contributed by atoms with Crippen LogP contribution in [0.5, 0.6) is 0 Å². The Kier molecular flexibility index (Phi) is 7.07. The number of carbonyl (C=O) groups is 2. The van der Waals surface area contributed by atoms with E-state index in [2.05, 4.69) is 20.8 Å². The van der Waals surface area contributed by atoms with Gasteiger partial charge in [-0.05, 0) is 129 Å². The smallest absolute Gasteiger partial charge is 0.303 e. The van der Waals surface area contributed by atoms with Crippen LogP contribution in [0.25, 0.3) is 0 Å². The molecule has 10 atom stereocenters. The first-order valence-electron chi connectivity index (χ1n) is 16.6. The maximum absolute atomic E-state index is 13.9. The van der Waals surface area contributed by atoms with Crippen LogP contribution in [-0.4, -0.2) is 63.5 Å². The summed E-state index contributed by atoms with van der Waals surface area (Å²) in [6.45, 7) is 19.8. The number of ether oxygens (including phenoxy) is 5. The van der Waals surface area contributed by atoms with E-state index >= 15 is 0 Å². The molecular weight excluding hydrogens is 548 g/mol. The molecule has 1 N–H and O–H groups in total. The zero-order chi connectivity index (χ0) is 31.6. The van der Waals surface area contributed by atoms with Gasteiger partial charge >= 0.3 is 5.97 Å². The van der Waals surface area contributed by atoms with Crippen LogP contribution in [-0.2, 0) is 33.3 Å². The summed E-state index contributed by atoms with van der Waals surface area (Å²) in [4.78, 5) is 25.6. The van der Waals surface area contributed by atoms with Crippen molar-refractivity contribution in [1.29, 1.82) is 0 Å². The lowest BCUT2D eigenvalue weighted by Gasteiger charge is -2.60. The van der Waals surface area contributed by atoms with Gasteiger partial charge in [-0.25, -0.2) is 0 Å². The van der Waals surface area contributed by atoms with Gasteiger partial charge in [0.1, 0.15) is 5.60 Å². The fourth-order valence-corrected chi connectivity index (χ4v) is 10.9. The van der Waals surface area contributed by atoms with E-state index < -0.39 is 33.8 Å². The largest absolute Gasteiger partial charge is 0.460 e. The summed E-state index contributed by atoms with van der Waals surface area (Å²) >= 11 is 0. The number of carbonyl (C=O) groups excluding carboxylic acids is 2. The van der Waals surface area contributed by atoms with Crippen molar-refractivity contribution in [3.63, 3.8) is 0 Å². The summed E-state index contributed by atoms with van der Waals surface area (Å²) in [5, 5.41) is 12.8. The maximum Gasteiger partial charge on any atom is 0.303 e. The summed E-state index contributed by atoms with van der Waals surface area (Å²) in [5.41, 5.74) is -2.24. The fraction of sp³-hybridized carbons (Fsp3) is 0.886. The summed E-state index contributed by atoms with van der Waals surface area (Å²) in [6, 6.07) is 0. The molecule has 242 valence electrons. The fourth-order valence-electron chi connectivity index (χ4n) is 10.9. The molecule has 2 saturated heterocycles. The molecule has 2 heterocycles. The van der Waals surface area contributed by atoms with Gasteiger partial charge in [-0.3, -0.25) is 9.59 Å². The van der Waals surface area contributed by atoms with Crippen LogP contribution in [0.15, 0.2) is 11.6 Å². The van der Waals surface area contributed by atoms with Crippen molar-refractivity contribution in [1.82, 2.24) is 0 Å². The molecule has 43 heavy (non-hydrogen) atoms. The average Bonchev–Trinajstić information content (AvgIpc) is 3.39. The van der Waals surface area contributed by atoms with Crippen LogP contribution in [0.1, 0.15) is 121 Å². The number of fused-ring (bicyclic) bond motifs is 6. The summed E-state index contributed by atoms with van der Waals surface area (Å²) in [6.07, 6.45) is 7.34. The summed E-state index contributed by atoms with van der Waals surface area (Å²) < 4.78 is 31.5. The normalized spacial score (nSPS) is 48.2. The minimum Gasteiger partial charge on any atom is -0.460 e. The highest BCUT2D eigenvalue weighted by atomic mass is 16.8. The van der Waals surface area contributed by atoms with Crippen LogP contribution in [0.2, 0.25) is 0 Å². The van der Waals surface area contributed by atoms with Crippen molar-refractivity contribution in [2.45, 2.75) is 167 Å². The van der Waals surface area contributed by atoms with Gasteiger partial charge in [0.15, 0.2) is 17.4 Å². The molecule has 0 bridgehead atoms. The van der Waals surface area contributed by atoms with Crippen LogP contribution in [0.4, 0.5) is 0 Å². The molecule has 0 aromatic carbocycles. The molecule has 8 heteroatoms. The molecule has 2 aliphatic heterocycles. The molecule has 0 unspecified atom stereocenters. The lowest BCUT2D eigenvalue weighted by molar-refractivity contribution is -0.190. The second-order valence-corrected chi connectivity index (χ2v) is 16.9. The number of allylic oxidation sites excluding steroid dienone is 1. The van der Waals surface area contributed by atoms with E-state index in [0.29, 0.717) is 25.7 Å². The Balaban J connectivity index is 1.30. The standard InChI is InChI=1S/C35H54O8/c1-20(36)39-29(2,3)14-13-28-34(10,43-31(6,7)42-28)27-12-16-35(38)22-17-24(37)23-18-25-26(41-30(4,5)40-25)19-32(23,8)21(22)11-15-33(27,35)9/h17,21,23,25-28,38H,11-16,18-19H2,1-10H3/t21-,23+,25-,26+,27+,28+,32-,33-,34-,35-/m1/s1. The molecule has 6 rings (SSSR count). The third-order valence-electron chi connectivity index (χ3n) is 12.6. The molecule has 3 saturated carbocycles. The molecule has 4 aliphatic carbocycles. The van der Waals surface area contributed by atoms with Crippen LogP contribution in [0, 0.1) is 28.6 Å². The van der Waals surface area contributed by atoms with Crippen LogP contribution >= 0.6 is 0 Å². The molecule has 0 amide bonds. The Morgan fingerprint density at radius 3 is 2.33 bits per heavy atom. The molecule has 0 radical (unpaired) electrons. The zero-order valence-corrected chi connectivity index (χ0v) is 28.0. The summed E-state index contributed by atoms with van der Waals surface area (Å²) in [7, 11) is 0. The highest BCUT2D eigenvalue weighted by Gasteiger charge is 2.71. The lowest BCUT2D eigenvalue weighted by atomic mass is 9.45. The third-order valence-corrected chi connectivity index (χ3v) is 12.6. The van der Waals surface area contributed by atoms with E-state index in [1.807, 2.05) is 47.6 Å². The SMILES string of the molecule is CC(=O)OC(C)(C)CC[C@@H]1OC(C)(C)O[C@]1(C)[C@H]1CC[C@@]2(O)C3=CC(=O)[C@@H]4C[C@H]5OC(C)(C)O[C@H]5C[C@]4(C)[C@@H]3CC[C@]12C. The van der Waals surface area contributed by atoms with Gasteiger partial charge in [0.25, 0.3) is 0 Å². The Hall–Kier alpha value is -1.32. The van der Waals surface area contributed by atoms with Gasteiger partial charge in [0.2, 0.25) is 0 Å². The number of ketones is 1. The van der Waals surface area contributed by atoms with Gasteiger partial charge < -0.3 is 28.8 Å². The van der Waals surface area contributed by atoms with Crippen LogP contribution in [0.3, 0.4) is 0 Å². The topological polar surface area (TPSA) is 101 Å². The van der Waals surface area contributed by atoms with E-state index in [9.17, 15) is 14.7 Å². The number of aliphatic hydroxyl groups is 1. The number of hydrogen-bond acceptors (Lipinski definition) is 8. The summed E-state index contributed by atoms with van der Waals surface area (Å²) in [5.74, 6) is -1.59. The number of esters is 1. The Labute approximate surface area is 257 Å². The Morgan fingerprint density at radius 2 is 1.65 bits per heavy atom. The van der Waals surface area contributed by atoms with Gasteiger partial charge in [-0.15, -0.1) is 0 Å². The maximum atomic E-state index is 13.9. The van der Waals surface area contributed by atoms with Crippen molar-refractivity contribution >= 4 is 11.8 Å². The first kappa shape index (κ1) is 31.7. The molecule has 0 spiro atoms. The van der Waals surface area contributed by atoms with E-state index in [1.165, 1.54) is 6.92 Å². The second-order valence-electron chi connectivity index (χ2n) is 16.9. The van der Waals surface area contributed by atoms with E-state index in [1.54, 1.807) is 0 Å². The monoisotopic (exact) mass is 602 g/mol. The molecule has 8 nitrogen and oxygen atoms in total. The molecule has 6 aliphatic rings. The van der Waals surface area contributed by atoms with E-state index in [0.717, 1.165) is 31.3 Å². The average molecular weight is 603 g/mol. The van der Waals surface area contributed by atoms with Gasteiger partial charge in [0, 0.05) is 18.3 Å². The van der Waals surface area contributed by atoms with Gasteiger partial charge in [-0.1, -0.05) is 13.8 Å². The quantitative estimate of drug-likeness (QED) is 0.381. The van der Waals surface area contributed by atoms with Gasteiger partial charge in [0.05, 0.1) is 29.5 Å². The molecule has 5 fully saturated rings. The second kappa shape index (κ2) is 9.60. The van der Waals surface area contributed by atoms with Crippen molar-refractivity contribution in [3.8, 4) is 0 Å². The van der Waals surface area contributed by atoms with Crippen molar-refractivity contribution in [2.24, 2.45) is 28.6 Å². The Morgan fingerprint density at radius 1 is 0.977 bits per heavy atom. The van der Waals surface area contributed by atoms with Crippen LogP contribution < -0.4 is 0 Å². The lowest BCUT2D eigenvalue weighted by Crippen LogP contribution is -2.62. The highest BCUT2D eigenvalue weighted by molar-refractivity contribution is 5.95.